The third-order valence-corrected chi connectivity index (χ3v) is 12.3. The second-order valence-corrected chi connectivity index (χ2v) is 16.4. The van der Waals surface area contributed by atoms with Gasteiger partial charge in [0.05, 0.1) is 12.2 Å². The van der Waals surface area contributed by atoms with E-state index in [0.29, 0.717) is 25.8 Å². The molecule has 2 saturated carbocycles. The molecule has 0 spiro atoms. The molecule has 2 aliphatic carbocycles. The number of rotatable bonds is 11. The number of Topliss-reactive ketones (excluding diaryl/α,β-unsaturated/α-hetero) is 1. The Kier molecular flexibility index (Phi) is 11.0. The number of piperidine rings is 1. The van der Waals surface area contributed by atoms with Gasteiger partial charge in [0, 0.05) is 42.7 Å². The van der Waals surface area contributed by atoms with Gasteiger partial charge in [-0.2, -0.15) is 0 Å². The molecule has 2 aliphatic heterocycles. The monoisotopic (exact) mass is 728 g/mol. The summed E-state index contributed by atoms with van der Waals surface area (Å²) in [6.07, 6.45) is 13.7. The van der Waals surface area contributed by atoms with E-state index in [1.54, 1.807) is 36.4 Å². The summed E-state index contributed by atoms with van der Waals surface area (Å²) in [6, 6.07) is -0.717. The van der Waals surface area contributed by atoms with Gasteiger partial charge in [0.15, 0.2) is 0 Å². The number of nitrogens with zero attached hydrogens (tertiary/aromatic N) is 4. The Morgan fingerprint density at radius 2 is 1.68 bits per heavy atom. The summed E-state index contributed by atoms with van der Waals surface area (Å²) in [5.74, 6) is -3.81. The number of aromatic nitrogens is 3. The number of ketones is 1. The van der Waals surface area contributed by atoms with E-state index in [-0.39, 0.29) is 29.4 Å². The zero-order valence-corrected chi connectivity index (χ0v) is 31.3. The van der Waals surface area contributed by atoms with E-state index in [4.69, 9.17) is 0 Å². The average molecular weight is 729 g/mol. The van der Waals surface area contributed by atoms with Crippen LogP contribution in [0, 0.1) is 28.6 Å². The molecule has 0 radical (unpaired) electrons. The van der Waals surface area contributed by atoms with Gasteiger partial charge >= 0.3 is 0 Å². The van der Waals surface area contributed by atoms with Crippen molar-refractivity contribution < 1.29 is 28.8 Å². The number of nitrogens with one attached hydrogen (secondary N) is 4. The van der Waals surface area contributed by atoms with Gasteiger partial charge in [0.1, 0.15) is 29.9 Å². The zero-order chi connectivity index (χ0) is 38.1. The van der Waals surface area contributed by atoms with Crippen LogP contribution in [0.1, 0.15) is 108 Å². The predicted octanol–water partition coefficient (Wildman–Crippen LogP) is 2.66. The fraction of sp³-hybridized carbons (Fsp3) is 0.615. The molecule has 53 heavy (non-hydrogen) atoms. The number of carbonyl (C=O) groups excluding carboxylic acids is 6. The lowest BCUT2D eigenvalue weighted by Gasteiger charge is -2.48. The first-order chi connectivity index (χ1) is 25.3. The Morgan fingerprint density at radius 1 is 0.962 bits per heavy atom. The van der Waals surface area contributed by atoms with Crippen LogP contribution in [0.3, 0.4) is 0 Å². The summed E-state index contributed by atoms with van der Waals surface area (Å²) in [7, 11) is 0. The van der Waals surface area contributed by atoms with Crippen molar-refractivity contribution >= 4 is 35.3 Å². The number of hydrogen-bond acceptors (Lipinski definition) is 9. The number of carbonyl (C=O) groups is 6. The predicted molar refractivity (Wildman–Crippen MR) is 193 cm³/mol. The van der Waals surface area contributed by atoms with Crippen LogP contribution in [0.2, 0.25) is 0 Å². The Morgan fingerprint density at radius 3 is 2.32 bits per heavy atom. The first kappa shape index (κ1) is 38.0. The fourth-order valence-electron chi connectivity index (χ4n) is 9.47. The third-order valence-electron chi connectivity index (χ3n) is 12.3. The highest BCUT2D eigenvalue weighted by molar-refractivity contribution is 6.39. The topological polar surface area (TPSA) is 192 Å². The van der Waals surface area contributed by atoms with Crippen LogP contribution in [-0.2, 0) is 24.0 Å². The van der Waals surface area contributed by atoms with Crippen molar-refractivity contribution in [3.8, 4) is 0 Å². The van der Waals surface area contributed by atoms with Gasteiger partial charge < -0.3 is 26.2 Å². The van der Waals surface area contributed by atoms with Gasteiger partial charge in [-0.3, -0.25) is 38.7 Å². The standard InChI is InChI=1S/C39H52N8O6/c1-6-39-15-12-25-21-47(29(27(25)39)35(51)45-31(39)30(48)36(52)43-22(2)23-13-16-40-17-14-23)37(53)32(38(3,4)5)46-34(50)28(24-10-8-7-9-11-24)44-33(49)26-20-41-18-19-42-26/h13-14,16-20,22,24-25,27-29,31-32H,6-12,15,21H2,1-5H3,(H,43,52)(H,44,49)(H,45,51)(H,46,50)/t22-,25-,27-,28-,29-,31+,32+,39+/m0/s1. The third kappa shape index (κ3) is 7.41. The lowest BCUT2D eigenvalue weighted by Crippen LogP contribution is -2.69. The lowest BCUT2D eigenvalue weighted by molar-refractivity contribution is -0.153. The minimum atomic E-state index is -1.03. The van der Waals surface area contributed by atoms with Crippen LogP contribution in [0.5, 0.6) is 0 Å². The molecule has 4 heterocycles. The summed E-state index contributed by atoms with van der Waals surface area (Å²) in [4.78, 5) is 97.2. The van der Waals surface area contributed by atoms with Crippen molar-refractivity contribution in [1.29, 1.82) is 0 Å². The van der Waals surface area contributed by atoms with E-state index in [1.807, 2.05) is 27.7 Å². The normalized spacial score (nSPS) is 27.1. The van der Waals surface area contributed by atoms with Crippen molar-refractivity contribution in [1.82, 2.24) is 41.1 Å². The van der Waals surface area contributed by atoms with Crippen LogP contribution in [0.15, 0.2) is 43.1 Å². The molecule has 5 amide bonds. The molecule has 4 N–H and O–H groups in total. The van der Waals surface area contributed by atoms with E-state index in [9.17, 15) is 28.8 Å². The first-order valence-corrected chi connectivity index (χ1v) is 19.0. The maximum absolute atomic E-state index is 14.7. The van der Waals surface area contributed by atoms with Crippen molar-refractivity contribution in [2.45, 2.75) is 116 Å². The fourth-order valence-corrected chi connectivity index (χ4v) is 9.47. The highest BCUT2D eigenvalue weighted by Crippen LogP contribution is 2.59. The molecule has 6 rings (SSSR count). The Balaban J connectivity index is 1.22. The number of pyridine rings is 1. The van der Waals surface area contributed by atoms with Gasteiger partial charge in [-0.15, -0.1) is 0 Å². The first-order valence-electron chi connectivity index (χ1n) is 19.0. The van der Waals surface area contributed by atoms with E-state index in [2.05, 4.69) is 36.2 Å². The molecule has 0 unspecified atom stereocenters. The molecule has 2 aromatic heterocycles. The minimum Gasteiger partial charge on any atom is -0.343 e. The lowest BCUT2D eigenvalue weighted by atomic mass is 9.63. The number of likely N-dealkylation sites (tertiary alicyclic amines) is 1. The summed E-state index contributed by atoms with van der Waals surface area (Å²) in [6.45, 7) is 9.63. The van der Waals surface area contributed by atoms with Gasteiger partial charge in [0.2, 0.25) is 23.5 Å². The van der Waals surface area contributed by atoms with Crippen LogP contribution in [0.4, 0.5) is 0 Å². The number of hydrogen-bond donors (Lipinski definition) is 4. The minimum absolute atomic E-state index is 0.0540. The van der Waals surface area contributed by atoms with Crippen LogP contribution in [-0.4, -0.2) is 85.9 Å². The van der Waals surface area contributed by atoms with Crippen molar-refractivity contribution in [3.05, 3.63) is 54.4 Å². The second-order valence-electron chi connectivity index (χ2n) is 16.4. The quantitative estimate of drug-likeness (QED) is 0.252. The van der Waals surface area contributed by atoms with E-state index in [1.165, 1.54) is 18.6 Å². The summed E-state index contributed by atoms with van der Waals surface area (Å²) < 4.78 is 0. The van der Waals surface area contributed by atoms with Crippen molar-refractivity contribution in [3.63, 3.8) is 0 Å². The van der Waals surface area contributed by atoms with Gasteiger partial charge in [0.25, 0.3) is 11.8 Å². The Labute approximate surface area is 310 Å². The Hall–Kier alpha value is -4.75. The van der Waals surface area contributed by atoms with Crippen molar-refractivity contribution in [2.75, 3.05) is 6.54 Å². The molecule has 2 aromatic rings. The van der Waals surface area contributed by atoms with Crippen molar-refractivity contribution in [2.24, 2.45) is 28.6 Å². The SMILES string of the molecule is CC[C@]12CC[C@H]3CN(C(=O)[C@@H](NC(=O)[C@@H](NC(=O)c4cnccn4)C4CCCCC4)C(C)(C)C)[C@H](C(=O)N[C@@H]1C(=O)C(=O)N[C@@H](C)c1ccncc1)[C@H]32. The summed E-state index contributed by atoms with van der Waals surface area (Å²) in [5, 5.41) is 11.6. The van der Waals surface area contributed by atoms with Crippen LogP contribution < -0.4 is 21.3 Å². The molecule has 14 heteroatoms. The summed E-state index contributed by atoms with van der Waals surface area (Å²) >= 11 is 0. The van der Waals surface area contributed by atoms with Gasteiger partial charge in [-0.25, -0.2) is 4.98 Å². The highest BCUT2D eigenvalue weighted by Gasteiger charge is 2.67. The molecule has 2 saturated heterocycles. The Bertz CT molecular complexity index is 1710. The van der Waals surface area contributed by atoms with E-state index >= 15 is 0 Å². The van der Waals surface area contributed by atoms with Crippen LogP contribution >= 0.6 is 0 Å². The van der Waals surface area contributed by atoms with E-state index < -0.39 is 70.5 Å². The molecule has 4 fully saturated rings. The molecule has 0 aromatic carbocycles. The van der Waals surface area contributed by atoms with E-state index in [0.717, 1.165) is 37.7 Å². The molecular formula is C39H52N8O6. The van der Waals surface area contributed by atoms with Gasteiger partial charge in [-0.05, 0) is 74.0 Å². The molecule has 8 atom stereocenters. The largest absolute Gasteiger partial charge is 0.343 e. The maximum Gasteiger partial charge on any atom is 0.290 e. The molecule has 284 valence electrons. The summed E-state index contributed by atoms with van der Waals surface area (Å²) in [5.41, 5.74) is -0.591. The average Bonchev–Trinajstić information content (AvgIpc) is 3.74. The molecule has 4 aliphatic rings. The second kappa shape index (κ2) is 15.3. The maximum atomic E-state index is 14.7. The molecular weight excluding hydrogens is 676 g/mol. The smallest absolute Gasteiger partial charge is 0.290 e. The zero-order valence-electron chi connectivity index (χ0n) is 31.3. The molecule has 0 bridgehead atoms. The number of amides is 5. The highest BCUT2D eigenvalue weighted by atomic mass is 16.2. The van der Waals surface area contributed by atoms with Gasteiger partial charge in [-0.1, -0.05) is 47.0 Å². The molecule has 14 nitrogen and oxygen atoms in total. The van der Waals surface area contributed by atoms with Crippen LogP contribution in [0.25, 0.3) is 0 Å².